The molecule has 4 nitrogen and oxygen atoms in total. The molecular formula is C50H32N4. The zero-order valence-corrected chi connectivity index (χ0v) is 29.3. The highest BCUT2D eigenvalue weighted by atomic mass is 15.1. The third-order valence-corrected chi connectivity index (χ3v) is 10.7. The highest BCUT2D eigenvalue weighted by Gasteiger charge is 2.20. The Morgan fingerprint density at radius 1 is 0.333 bits per heavy atom. The second-order valence-electron chi connectivity index (χ2n) is 13.8. The van der Waals surface area contributed by atoms with Crippen molar-refractivity contribution in [2.24, 2.45) is 0 Å². The Morgan fingerprint density at radius 3 is 1.76 bits per heavy atom. The molecule has 0 N–H and O–H groups in total. The average molecular weight is 689 g/mol. The van der Waals surface area contributed by atoms with Crippen LogP contribution in [0.15, 0.2) is 194 Å². The third kappa shape index (κ3) is 4.70. The normalized spacial score (nSPS) is 11.7. The second-order valence-corrected chi connectivity index (χ2v) is 13.8. The Kier molecular flexibility index (Phi) is 6.82. The number of rotatable bonds is 5. The van der Waals surface area contributed by atoms with Crippen molar-refractivity contribution in [2.45, 2.75) is 0 Å². The Morgan fingerprint density at radius 2 is 0.963 bits per heavy atom. The van der Waals surface area contributed by atoms with E-state index in [-0.39, 0.29) is 0 Å². The van der Waals surface area contributed by atoms with Crippen LogP contribution in [0.2, 0.25) is 0 Å². The number of aromatic nitrogens is 4. The number of hydrogen-bond acceptors (Lipinski definition) is 2. The van der Waals surface area contributed by atoms with E-state index in [4.69, 9.17) is 9.97 Å². The van der Waals surface area contributed by atoms with E-state index in [0.29, 0.717) is 0 Å². The van der Waals surface area contributed by atoms with E-state index in [1.165, 1.54) is 27.2 Å². The minimum atomic E-state index is 0.934. The molecule has 0 spiro atoms. The SMILES string of the molecule is c1ccc(-c2nc3ccccc3c3c2ccc2c4ccccc4n(-c4cccc(-c5ccc(-n6c(-c7ccccc7)nc7ccccc76)cc5)c4)c23)cc1. The zero-order valence-electron chi connectivity index (χ0n) is 29.3. The van der Waals surface area contributed by atoms with Crippen LogP contribution < -0.4 is 0 Å². The average Bonchev–Trinajstić information content (AvgIpc) is 3.81. The fraction of sp³-hybridized carbons (Fsp3) is 0. The van der Waals surface area contributed by atoms with Gasteiger partial charge in [-0.05, 0) is 59.7 Å². The number of pyridine rings is 1. The summed E-state index contributed by atoms with van der Waals surface area (Å²) in [7, 11) is 0. The van der Waals surface area contributed by atoms with E-state index >= 15 is 0 Å². The molecule has 54 heavy (non-hydrogen) atoms. The molecule has 0 aliphatic carbocycles. The van der Waals surface area contributed by atoms with E-state index in [1.807, 2.05) is 12.1 Å². The molecule has 0 saturated heterocycles. The molecular weight excluding hydrogens is 657 g/mol. The lowest BCUT2D eigenvalue weighted by molar-refractivity contribution is 1.10. The number of para-hydroxylation sites is 4. The molecule has 0 bridgehead atoms. The van der Waals surface area contributed by atoms with Crippen LogP contribution in [0.25, 0.3) is 99.7 Å². The highest BCUT2D eigenvalue weighted by molar-refractivity contribution is 6.26. The summed E-state index contributed by atoms with van der Waals surface area (Å²) < 4.78 is 4.72. The molecule has 0 saturated carbocycles. The molecule has 3 heterocycles. The number of fused-ring (bicyclic) bond motifs is 8. The van der Waals surface area contributed by atoms with E-state index < -0.39 is 0 Å². The van der Waals surface area contributed by atoms with Crippen molar-refractivity contribution in [3.05, 3.63) is 194 Å². The molecule has 0 atom stereocenters. The molecule has 0 fully saturated rings. The monoisotopic (exact) mass is 688 g/mol. The van der Waals surface area contributed by atoms with Crippen LogP contribution in [0.4, 0.5) is 0 Å². The lowest BCUT2D eigenvalue weighted by atomic mass is 9.97. The van der Waals surface area contributed by atoms with Gasteiger partial charge in [0.15, 0.2) is 0 Å². The first-order valence-electron chi connectivity index (χ1n) is 18.3. The molecule has 8 aromatic carbocycles. The van der Waals surface area contributed by atoms with Crippen LogP contribution >= 0.6 is 0 Å². The summed E-state index contributed by atoms with van der Waals surface area (Å²) in [6.45, 7) is 0. The summed E-state index contributed by atoms with van der Waals surface area (Å²) in [5.41, 5.74) is 13.1. The van der Waals surface area contributed by atoms with Crippen LogP contribution in [0, 0.1) is 0 Å². The minimum Gasteiger partial charge on any atom is -0.309 e. The van der Waals surface area contributed by atoms with Gasteiger partial charge in [0.25, 0.3) is 0 Å². The topological polar surface area (TPSA) is 35.6 Å². The Bertz CT molecular complexity index is 3190. The van der Waals surface area contributed by atoms with E-state index in [9.17, 15) is 0 Å². The summed E-state index contributed by atoms with van der Waals surface area (Å²) >= 11 is 0. The molecule has 3 aromatic heterocycles. The van der Waals surface area contributed by atoms with Crippen molar-refractivity contribution in [3.63, 3.8) is 0 Å². The summed E-state index contributed by atoms with van der Waals surface area (Å²) in [5, 5.41) is 5.96. The number of nitrogens with zero attached hydrogens (tertiary/aromatic N) is 4. The standard InChI is InChI=1S/C50H32N4/c1-3-14-34(15-4-1)48-42-31-30-40-39-20-8-11-24-45(39)53(49(40)47(42)41-21-7-9-22-43(41)51-48)38-19-13-18-36(32-38)33-26-28-37(29-27-33)54-46-25-12-10-23-44(46)52-50(54)35-16-5-2-6-17-35/h1-32H. The summed E-state index contributed by atoms with van der Waals surface area (Å²) in [6, 6.07) is 69.0. The van der Waals surface area contributed by atoms with E-state index in [2.05, 4.69) is 191 Å². The van der Waals surface area contributed by atoms with Crippen LogP contribution in [-0.2, 0) is 0 Å². The predicted molar refractivity (Wildman–Crippen MR) is 225 cm³/mol. The quantitative estimate of drug-likeness (QED) is 0.169. The van der Waals surface area contributed by atoms with Gasteiger partial charge in [0.1, 0.15) is 5.82 Å². The van der Waals surface area contributed by atoms with Gasteiger partial charge in [-0.15, -0.1) is 0 Å². The first-order chi connectivity index (χ1) is 26.8. The minimum absolute atomic E-state index is 0.934. The summed E-state index contributed by atoms with van der Waals surface area (Å²) in [6.07, 6.45) is 0. The molecule has 0 radical (unpaired) electrons. The van der Waals surface area contributed by atoms with Crippen molar-refractivity contribution >= 4 is 54.5 Å². The van der Waals surface area contributed by atoms with E-state index in [1.54, 1.807) is 0 Å². The van der Waals surface area contributed by atoms with Gasteiger partial charge in [-0.2, -0.15) is 0 Å². The third-order valence-electron chi connectivity index (χ3n) is 10.7. The van der Waals surface area contributed by atoms with Gasteiger partial charge < -0.3 is 4.57 Å². The molecule has 4 heteroatoms. The fourth-order valence-electron chi connectivity index (χ4n) is 8.27. The smallest absolute Gasteiger partial charge is 0.145 e. The molecule has 11 aromatic rings. The maximum Gasteiger partial charge on any atom is 0.145 e. The van der Waals surface area contributed by atoms with Gasteiger partial charge in [0.05, 0.1) is 33.3 Å². The number of benzene rings is 8. The van der Waals surface area contributed by atoms with E-state index in [0.717, 1.165) is 72.5 Å². The zero-order chi connectivity index (χ0) is 35.6. The Labute approximate surface area is 311 Å². The Balaban J connectivity index is 1.11. The van der Waals surface area contributed by atoms with Crippen molar-refractivity contribution in [2.75, 3.05) is 0 Å². The van der Waals surface area contributed by atoms with Crippen molar-refractivity contribution in [3.8, 4) is 45.1 Å². The van der Waals surface area contributed by atoms with Gasteiger partial charge in [-0.1, -0.05) is 146 Å². The molecule has 252 valence electrons. The largest absolute Gasteiger partial charge is 0.309 e. The molecule has 0 aliphatic heterocycles. The van der Waals surface area contributed by atoms with Gasteiger partial charge in [0, 0.05) is 49.4 Å². The number of hydrogen-bond donors (Lipinski definition) is 0. The lowest BCUT2D eigenvalue weighted by Gasteiger charge is -2.15. The maximum atomic E-state index is 5.24. The van der Waals surface area contributed by atoms with Crippen LogP contribution in [0.1, 0.15) is 0 Å². The molecule has 0 aliphatic rings. The Hall–Kier alpha value is -7.30. The van der Waals surface area contributed by atoms with Gasteiger partial charge in [-0.25, -0.2) is 9.97 Å². The summed E-state index contributed by atoms with van der Waals surface area (Å²) in [5.74, 6) is 0.934. The molecule has 11 rings (SSSR count). The van der Waals surface area contributed by atoms with Crippen molar-refractivity contribution in [1.29, 1.82) is 0 Å². The van der Waals surface area contributed by atoms with Crippen LogP contribution in [0.3, 0.4) is 0 Å². The van der Waals surface area contributed by atoms with Gasteiger partial charge in [-0.3, -0.25) is 4.57 Å². The number of imidazole rings is 1. The highest BCUT2D eigenvalue weighted by Crippen LogP contribution is 2.42. The van der Waals surface area contributed by atoms with Crippen molar-refractivity contribution in [1.82, 2.24) is 19.1 Å². The van der Waals surface area contributed by atoms with Gasteiger partial charge in [0.2, 0.25) is 0 Å². The fourth-order valence-corrected chi connectivity index (χ4v) is 8.27. The summed E-state index contributed by atoms with van der Waals surface area (Å²) in [4.78, 5) is 10.3. The first kappa shape index (κ1) is 30.3. The lowest BCUT2D eigenvalue weighted by Crippen LogP contribution is -1.98. The molecule has 0 amide bonds. The van der Waals surface area contributed by atoms with Crippen molar-refractivity contribution < 1.29 is 0 Å². The second kappa shape index (κ2) is 12.1. The van der Waals surface area contributed by atoms with Crippen LogP contribution in [-0.4, -0.2) is 19.1 Å². The maximum absolute atomic E-state index is 5.24. The predicted octanol–water partition coefficient (Wildman–Crippen LogP) is 12.8. The molecule has 0 unspecified atom stereocenters. The first-order valence-corrected chi connectivity index (χ1v) is 18.3. The van der Waals surface area contributed by atoms with Crippen LogP contribution in [0.5, 0.6) is 0 Å². The van der Waals surface area contributed by atoms with Gasteiger partial charge >= 0.3 is 0 Å².